The number of nitrogens with zero attached hydrogens (tertiary/aromatic N) is 2. The first-order chi connectivity index (χ1) is 19.1. The van der Waals surface area contributed by atoms with Gasteiger partial charge in [-0.15, -0.1) is 0 Å². The van der Waals surface area contributed by atoms with Crippen LogP contribution >= 0.6 is 0 Å². The first-order valence-corrected chi connectivity index (χ1v) is 15.3. The van der Waals surface area contributed by atoms with Crippen LogP contribution in [0.1, 0.15) is 63.1 Å². The summed E-state index contributed by atoms with van der Waals surface area (Å²) >= 11 is 0. The van der Waals surface area contributed by atoms with Gasteiger partial charge in [0.25, 0.3) is 10.0 Å². The molecule has 0 fully saturated rings. The molecule has 0 saturated heterocycles. The number of carbonyl (C=O) groups excluding carboxylic acids is 2. The first kappa shape index (κ1) is 30.9. The Morgan fingerprint density at radius 3 is 2.10 bits per heavy atom. The summed E-state index contributed by atoms with van der Waals surface area (Å²) in [6, 6.07) is 22.2. The molecule has 0 bridgehead atoms. The minimum absolute atomic E-state index is 0.0894. The topological polar surface area (TPSA) is 86.8 Å². The number of carbonyl (C=O) groups is 2. The van der Waals surface area contributed by atoms with Gasteiger partial charge in [0, 0.05) is 13.1 Å². The van der Waals surface area contributed by atoms with Crippen molar-refractivity contribution >= 4 is 27.5 Å². The number of anilines is 1. The molecule has 0 saturated carbocycles. The summed E-state index contributed by atoms with van der Waals surface area (Å²) in [5.74, 6) is -0.463. The number of aryl methyl sites for hydroxylation is 1. The van der Waals surface area contributed by atoms with E-state index in [2.05, 4.69) is 19.2 Å². The minimum Gasteiger partial charge on any atom is -0.354 e. The van der Waals surface area contributed by atoms with Gasteiger partial charge in [0.1, 0.15) is 12.6 Å². The molecule has 3 aromatic carbocycles. The normalized spacial score (nSPS) is 12.2. The fourth-order valence-electron chi connectivity index (χ4n) is 4.36. The first-order valence-electron chi connectivity index (χ1n) is 13.9. The van der Waals surface area contributed by atoms with Gasteiger partial charge in [-0.2, -0.15) is 0 Å². The zero-order valence-electron chi connectivity index (χ0n) is 24.1. The molecule has 7 nitrogen and oxygen atoms in total. The van der Waals surface area contributed by atoms with Crippen LogP contribution in [0.25, 0.3) is 0 Å². The molecule has 214 valence electrons. The van der Waals surface area contributed by atoms with Crippen LogP contribution < -0.4 is 9.62 Å². The molecule has 8 heteroatoms. The molecule has 0 spiro atoms. The Morgan fingerprint density at radius 1 is 0.875 bits per heavy atom. The zero-order chi connectivity index (χ0) is 29.3. The molecule has 2 amide bonds. The van der Waals surface area contributed by atoms with Gasteiger partial charge in [0.2, 0.25) is 11.8 Å². The Balaban J connectivity index is 2.01. The van der Waals surface area contributed by atoms with E-state index in [1.807, 2.05) is 50.2 Å². The fraction of sp³-hybridized carbons (Fsp3) is 0.375. The number of amides is 2. The summed E-state index contributed by atoms with van der Waals surface area (Å²) in [6.45, 7) is 10.1. The second kappa shape index (κ2) is 14.1. The minimum atomic E-state index is -4.08. The van der Waals surface area contributed by atoms with Crippen LogP contribution in [0.15, 0.2) is 83.8 Å². The highest BCUT2D eigenvalue weighted by molar-refractivity contribution is 7.92. The Morgan fingerprint density at radius 2 is 1.50 bits per heavy atom. The number of nitrogens with one attached hydrogen (secondary N) is 1. The van der Waals surface area contributed by atoms with E-state index in [0.717, 1.165) is 33.8 Å². The summed E-state index contributed by atoms with van der Waals surface area (Å²) in [4.78, 5) is 28.7. The maximum Gasteiger partial charge on any atom is 0.264 e. The van der Waals surface area contributed by atoms with Gasteiger partial charge in [0.15, 0.2) is 0 Å². The average molecular weight is 564 g/mol. The number of sulfonamides is 1. The van der Waals surface area contributed by atoms with Crippen molar-refractivity contribution in [3.05, 3.63) is 95.6 Å². The molecule has 0 aliphatic carbocycles. The molecule has 3 aromatic rings. The van der Waals surface area contributed by atoms with Crippen molar-refractivity contribution in [2.24, 2.45) is 0 Å². The number of hydrogen-bond donors (Lipinski definition) is 1. The molecule has 0 heterocycles. The van der Waals surface area contributed by atoms with Gasteiger partial charge in [-0.25, -0.2) is 8.42 Å². The van der Waals surface area contributed by atoms with E-state index in [0.29, 0.717) is 12.2 Å². The monoisotopic (exact) mass is 563 g/mol. The molecular formula is C32H41N3O4S. The lowest BCUT2D eigenvalue weighted by Crippen LogP contribution is -2.51. The SMILES string of the molecule is CCCCNC(=O)[C@@H](C)N(Cc1ccccc1C)C(=O)CN(c1ccc(C(C)C)cc1)S(=O)(=O)c1ccccc1. The molecule has 0 aromatic heterocycles. The number of unbranched alkanes of at least 4 members (excludes halogenated alkanes) is 1. The van der Waals surface area contributed by atoms with E-state index < -0.39 is 28.5 Å². The molecule has 40 heavy (non-hydrogen) atoms. The van der Waals surface area contributed by atoms with Crippen molar-refractivity contribution in [1.82, 2.24) is 10.2 Å². The molecule has 0 radical (unpaired) electrons. The molecule has 3 rings (SSSR count). The van der Waals surface area contributed by atoms with Crippen molar-refractivity contribution in [2.45, 2.75) is 70.9 Å². The molecule has 0 unspecified atom stereocenters. The van der Waals surface area contributed by atoms with Crippen LogP contribution in [-0.4, -0.2) is 44.3 Å². The Bertz CT molecular complexity index is 1370. The van der Waals surface area contributed by atoms with E-state index in [1.54, 1.807) is 37.3 Å². The van der Waals surface area contributed by atoms with Crippen LogP contribution in [0.2, 0.25) is 0 Å². The van der Waals surface area contributed by atoms with Gasteiger partial charge < -0.3 is 10.2 Å². The smallest absolute Gasteiger partial charge is 0.264 e. The summed E-state index contributed by atoms with van der Waals surface area (Å²) in [7, 11) is -4.08. The highest BCUT2D eigenvalue weighted by atomic mass is 32.2. The lowest BCUT2D eigenvalue weighted by molar-refractivity contribution is -0.139. The van der Waals surface area contributed by atoms with Gasteiger partial charge >= 0.3 is 0 Å². The van der Waals surface area contributed by atoms with E-state index in [-0.39, 0.29) is 23.3 Å². The second-order valence-electron chi connectivity index (χ2n) is 10.3. The third-order valence-electron chi connectivity index (χ3n) is 7.06. The number of benzene rings is 3. The molecule has 0 aliphatic heterocycles. The van der Waals surface area contributed by atoms with Crippen LogP contribution in [0.4, 0.5) is 5.69 Å². The lowest BCUT2D eigenvalue weighted by Gasteiger charge is -2.32. The average Bonchev–Trinajstić information content (AvgIpc) is 2.95. The Kier molecular flexibility index (Phi) is 10.9. The number of hydrogen-bond acceptors (Lipinski definition) is 4. The van der Waals surface area contributed by atoms with Crippen molar-refractivity contribution < 1.29 is 18.0 Å². The van der Waals surface area contributed by atoms with E-state index >= 15 is 0 Å². The van der Waals surface area contributed by atoms with Crippen molar-refractivity contribution in [2.75, 3.05) is 17.4 Å². The largest absolute Gasteiger partial charge is 0.354 e. The maximum absolute atomic E-state index is 14.0. The molecular weight excluding hydrogens is 522 g/mol. The van der Waals surface area contributed by atoms with Gasteiger partial charge in [-0.1, -0.05) is 81.8 Å². The molecule has 0 aliphatic rings. The van der Waals surface area contributed by atoms with Crippen LogP contribution in [0, 0.1) is 6.92 Å². The van der Waals surface area contributed by atoms with Crippen molar-refractivity contribution in [3.8, 4) is 0 Å². The zero-order valence-corrected chi connectivity index (χ0v) is 24.9. The van der Waals surface area contributed by atoms with Crippen LogP contribution in [0.5, 0.6) is 0 Å². The van der Waals surface area contributed by atoms with Crippen molar-refractivity contribution in [1.29, 1.82) is 0 Å². The maximum atomic E-state index is 14.0. The highest BCUT2D eigenvalue weighted by Crippen LogP contribution is 2.26. The quantitative estimate of drug-likeness (QED) is 0.273. The lowest BCUT2D eigenvalue weighted by atomic mass is 10.0. The van der Waals surface area contributed by atoms with E-state index in [9.17, 15) is 18.0 Å². The van der Waals surface area contributed by atoms with E-state index in [4.69, 9.17) is 0 Å². The standard InChI is InChI=1S/C32H41N3O4S/c1-6-7-21-33-32(37)26(5)34(22-28-14-12-11-13-25(28)4)31(36)23-35(29-19-17-27(18-20-29)24(2)3)40(38,39)30-15-9-8-10-16-30/h8-20,24,26H,6-7,21-23H2,1-5H3,(H,33,37)/t26-/m1/s1. The highest BCUT2D eigenvalue weighted by Gasteiger charge is 2.32. The third kappa shape index (κ3) is 7.72. The van der Waals surface area contributed by atoms with Gasteiger partial charge in [0.05, 0.1) is 10.6 Å². The van der Waals surface area contributed by atoms with Gasteiger partial charge in [-0.3, -0.25) is 13.9 Å². The summed E-state index contributed by atoms with van der Waals surface area (Å²) < 4.78 is 28.9. The van der Waals surface area contributed by atoms with Crippen molar-refractivity contribution in [3.63, 3.8) is 0 Å². The molecule has 1 N–H and O–H groups in total. The van der Waals surface area contributed by atoms with Crippen LogP contribution in [-0.2, 0) is 26.2 Å². The van der Waals surface area contributed by atoms with E-state index in [1.165, 1.54) is 17.0 Å². The van der Waals surface area contributed by atoms with Gasteiger partial charge in [-0.05, 0) is 67.1 Å². The molecule has 1 atom stereocenters. The summed E-state index contributed by atoms with van der Waals surface area (Å²) in [5, 5.41) is 2.91. The summed E-state index contributed by atoms with van der Waals surface area (Å²) in [6.07, 6.45) is 1.77. The Hall–Kier alpha value is -3.65. The predicted octanol–water partition coefficient (Wildman–Crippen LogP) is 5.65. The number of rotatable bonds is 13. The third-order valence-corrected chi connectivity index (χ3v) is 8.84. The summed E-state index contributed by atoms with van der Waals surface area (Å²) in [5.41, 5.74) is 3.32. The van der Waals surface area contributed by atoms with Crippen LogP contribution in [0.3, 0.4) is 0 Å². The second-order valence-corrected chi connectivity index (χ2v) is 12.2. The Labute approximate surface area is 239 Å². The predicted molar refractivity (Wildman–Crippen MR) is 161 cm³/mol. The fourth-order valence-corrected chi connectivity index (χ4v) is 5.80.